The minimum atomic E-state index is -2.92. The van der Waals surface area contributed by atoms with E-state index in [0.717, 1.165) is 25.9 Å². The molecule has 1 saturated heterocycles. The fraction of sp³-hybridized carbons (Fsp3) is 0.500. The highest BCUT2D eigenvalue weighted by atomic mass is 32.2. The van der Waals surface area contributed by atoms with Crippen LogP contribution in [0.1, 0.15) is 51.6 Å². The third-order valence-corrected chi connectivity index (χ3v) is 7.73. The molecule has 8 nitrogen and oxygen atoms in total. The first-order valence-corrected chi connectivity index (χ1v) is 13.8. The number of amides is 2. The Labute approximate surface area is 221 Å². The van der Waals surface area contributed by atoms with E-state index in [9.17, 15) is 18.0 Å². The average molecular weight is 527 g/mol. The summed E-state index contributed by atoms with van der Waals surface area (Å²) in [4.78, 5) is 26.9. The van der Waals surface area contributed by atoms with E-state index in [1.807, 2.05) is 6.07 Å². The number of rotatable bonds is 11. The van der Waals surface area contributed by atoms with Gasteiger partial charge in [0.25, 0.3) is 0 Å². The molecule has 9 heteroatoms. The van der Waals surface area contributed by atoms with Crippen molar-refractivity contribution < 1.29 is 18.0 Å². The van der Waals surface area contributed by atoms with Crippen LogP contribution in [0.4, 0.5) is 0 Å². The lowest BCUT2D eigenvalue weighted by Crippen LogP contribution is -2.49. The van der Waals surface area contributed by atoms with Crippen molar-refractivity contribution >= 4 is 33.5 Å². The minimum absolute atomic E-state index is 0.171. The molecule has 0 radical (unpaired) electrons. The minimum Gasteiger partial charge on any atom is -0.349 e. The largest absolute Gasteiger partial charge is 0.349 e. The zero-order valence-electron chi connectivity index (χ0n) is 21.9. The molecule has 2 amide bonds. The van der Waals surface area contributed by atoms with Crippen molar-refractivity contribution in [2.75, 3.05) is 32.7 Å². The van der Waals surface area contributed by atoms with Gasteiger partial charge in [0.1, 0.15) is 0 Å². The highest BCUT2D eigenvalue weighted by molar-refractivity contribution is 7.69. The van der Waals surface area contributed by atoms with Crippen LogP contribution in [0, 0.1) is 18.3 Å². The fourth-order valence-corrected chi connectivity index (χ4v) is 5.55. The summed E-state index contributed by atoms with van der Waals surface area (Å²) < 4.78 is 24.9. The molecule has 0 saturated carbocycles. The van der Waals surface area contributed by atoms with Crippen molar-refractivity contribution in [3.05, 3.63) is 48.0 Å². The van der Waals surface area contributed by atoms with E-state index in [-0.39, 0.29) is 31.0 Å². The first-order chi connectivity index (χ1) is 17.6. The smallest absolute Gasteiger partial charge is 0.239 e. The summed E-state index contributed by atoms with van der Waals surface area (Å²) in [5.41, 5.74) is 0.713. The molecule has 200 valence electrons. The molecule has 0 aliphatic carbocycles. The second-order valence-corrected chi connectivity index (χ2v) is 11.4. The summed E-state index contributed by atoms with van der Waals surface area (Å²) in [6.07, 6.45) is 7.36. The number of piperidine rings is 1. The van der Waals surface area contributed by atoms with Crippen molar-refractivity contribution in [3.8, 4) is 12.3 Å². The standard InChI is InChI=1S/C28H38N4O4S/c1-5-15-28(3,4)30-26(33)18-29-27(34)20-32(37(35)36)19-22-13-16-31(17-14-22)21(2)24-12-8-10-23-9-6-7-11-25(23)24/h1,6-12,21-22,37H,13-20H2,2-4H3,(H,29,34)(H,30,33). The van der Waals surface area contributed by atoms with E-state index < -0.39 is 22.3 Å². The molecule has 37 heavy (non-hydrogen) atoms. The maximum absolute atomic E-state index is 12.4. The van der Waals surface area contributed by atoms with Gasteiger partial charge in [0.2, 0.25) is 22.7 Å². The van der Waals surface area contributed by atoms with Crippen LogP contribution >= 0.6 is 0 Å². The Morgan fingerprint density at radius 1 is 1.14 bits per heavy atom. The SMILES string of the molecule is C#CCC(C)(C)NC(=O)CNC(=O)CN(CC1CCN(C(C)c2cccc3ccccc23)CC1)[SH](=O)=O. The molecule has 0 bridgehead atoms. The number of nitrogens with zero attached hydrogens (tertiary/aromatic N) is 2. The second kappa shape index (κ2) is 13.0. The van der Waals surface area contributed by atoms with Crippen LogP contribution in [-0.2, 0) is 20.5 Å². The van der Waals surface area contributed by atoms with Crippen LogP contribution in [-0.4, -0.2) is 67.7 Å². The van der Waals surface area contributed by atoms with Crippen molar-refractivity contribution in [1.82, 2.24) is 19.8 Å². The zero-order chi connectivity index (χ0) is 27.0. The third-order valence-electron chi connectivity index (χ3n) is 6.96. The zero-order valence-corrected chi connectivity index (χ0v) is 22.8. The highest BCUT2D eigenvalue weighted by Crippen LogP contribution is 2.31. The van der Waals surface area contributed by atoms with Crippen LogP contribution in [0.2, 0.25) is 0 Å². The Bertz CT molecular complexity index is 1200. The number of fused-ring (bicyclic) bond motifs is 1. The molecule has 2 aromatic carbocycles. The van der Waals surface area contributed by atoms with E-state index in [1.54, 1.807) is 13.8 Å². The summed E-state index contributed by atoms with van der Waals surface area (Å²) in [5.74, 6) is 1.79. The van der Waals surface area contributed by atoms with Crippen molar-refractivity contribution in [3.63, 3.8) is 0 Å². The molecule has 1 heterocycles. The van der Waals surface area contributed by atoms with Crippen molar-refractivity contribution in [1.29, 1.82) is 0 Å². The molecule has 1 aliphatic rings. The predicted molar refractivity (Wildman–Crippen MR) is 147 cm³/mol. The van der Waals surface area contributed by atoms with Crippen LogP contribution in [0.15, 0.2) is 42.5 Å². The molecule has 3 rings (SSSR count). The Hall–Kier alpha value is -2.93. The van der Waals surface area contributed by atoms with Crippen LogP contribution in [0.5, 0.6) is 0 Å². The molecule has 1 fully saturated rings. The molecule has 2 N–H and O–H groups in total. The Balaban J connectivity index is 1.49. The number of benzene rings is 2. The van der Waals surface area contributed by atoms with Gasteiger partial charge in [0.05, 0.1) is 13.1 Å². The number of nitrogens with one attached hydrogen (secondary N) is 2. The van der Waals surface area contributed by atoms with Gasteiger partial charge in [-0.05, 0) is 69.0 Å². The second-order valence-electron chi connectivity index (χ2n) is 10.4. The van der Waals surface area contributed by atoms with E-state index in [4.69, 9.17) is 6.42 Å². The summed E-state index contributed by atoms with van der Waals surface area (Å²) in [5, 5.41) is 7.74. The van der Waals surface area contributed by atoms with Crippen LogP contribution in [0.3, 0.4) is 0 Å². The Morgan fingerprint density at radius 3 is 2.49 bits per heavy atom. The maximum Gasteiger partial charge on any atom is 0.239 e. The molecular formula is C28H38N4O4S. The van der Waals surface area contributed by atoms with Gasteiger partial charge in [-0.15, -0.1) is 12.3 Å². The molecule has 1 atom stereocenters. The molecule has 0 spiro atoms. The topological polar surface area (TPSA) is 98.8 Å². The Morgan fingerprint density at radius 2 is 1.81 bits per heavy atom. The Kier molecular flexibility index (Phi) is 10.1. The summed E-state index contributed by atoms with van der Waals surface area (Å²) in [7, 11) is -2.92. The van der Waals surface area contributed by atoms with Gasteiger partial charge in [-0.25, -0.2) is 8.42 Å². The number of hydrogen-bond donors (Lipinski definition) is 3. The normalized spacial score (nSPS) is 16.0. The highest BCUT2D eigenvalue weighted by Gasteiger charge is 2.27. The van der Waals surface area contributed by atoms with E-state index in [0.29, 0.717) is 13.0 Å². The van der Waals surface area contributed by atoms with Gasteiger partial charge in [0.15, 0.2) is 0 Å². The fourth-order valence-electron chi connectivity index (χ4n) is 4.94. The predicted octanol–water partition coefficient (Wildman–Crippen LogP) is 2.48. The van der Waals surface area contributed by atoms with E-state index >= 15 is 0 Å². The lowest BCUT2D eigenvalue weighted by Gasteiger charge is -2.37. The first kappa shape index (κ1) is 28.6. The lowest BCUT2D eigenvalue weighted by atomic mass is 9.93. The molecule has 2 aromatic rings. The van der Waals surface area contributed by atoms with Gasteiger partial charge in [0, 0.05) is 24.5 Å². The van der Waals surface area contributed by atoms with Gasteiger partial charge in [-0.3, -0.25) is 14.5 Å². The molecule has 0 aromatic heterocycles. The number of carbonyl (C=O) groups excluding carboxylic acids is 2. The molecule has 1 aliphatic heterocycles. The third kappa shape index (κ3) is 8.29. The van der Waals surface area contributed by atoms with Gasteiger partial charge in [-0.2, -0.15) is 4.31 Å². The van der Waals surface area contributed by atoms with Crippen molar-refractivity contribution in [2.45, 2.75) is 51.6 Å². The number of likely N-dealkylation sites (tertiary alicyclic amines) is 1. The van der Waals surface area contributed by atoms with Gasteiger partial charge >= 0.3 is 0 Å². The van der Waals surface area contributed by atoms with Crippen LogP contribution in [0.25, 0.3) is 10.8 Å². The summed E-state index contributed by atoms with van der Waals surface area (Å²) in [6, 6.07) is 15.0. The van der Waals surface area contributed by atoms with Gasteiger partial charge in [-0.1, -0.05) is 42.5 Å². The van der Waals surface area contributed by atoms with E-state index in [1.165, 1.54) is 20.6 Å². The molecular weight excluding hydrogens is 488 g/mol. The maximum atomic E-state index is 12.4. The first-order valence-electron chi connectivity index (χ1n) is 12.7. The number of hydrogen-bond acceptors (Lipinski definition) is 5. The van der Waals surface area contributed by atoms with Crippen molar-refractivity contribution in [2.24, 2.45) is 5.92 Å². The molecule has 1 unspecified atom stereocenters. The number of terminal acetylenes is 1. The summed E-state index contributed by atoms with van der Waals surface area (Å²) >= 11 is 0. The lowest BCUT2D eigenvalue weighted by molar-refractivity contribution is -0.127. The summed E-state index contributed by atoms with van der Waals surface area (Å²) in [6.45, 7) is 7.29. The average Bonchev–Trinajstić information content (AvgIpc) is 2.86. The van der Waals surface area contributed by atoms with Crippen LogP contribution < -0.4 is 10.6 Å². The van der Waals surface area contributed by atoms with E-state index in [2.05, 4.69) is 64.8 Å². The monoisotopic (exact) mass is 526 g/mol. The quantitative estimate of drug-likeness (QED) is 0.309. The van der Waals surface area contributed by atoms with Gasteiger partial charge < -0.3 is 10.6 Å². The number of carbonyl (C=O) groups is 2. The number of thiol groups is 1.